The SMILES string of the molecule is NCCN1CCOCC1.O=C([O-])C1(C(=O)[O-])CCC1.[Pt+2]. The molecule has 1 aliphatic carbocycles. The van der Waals surface area contributed by atoms with Gasteiger partial charge in [0.05, 0.1) is 25.2 Å². The van der Waals surface area contributed by atoms with Gasteiger partial charge in [0.2, 0.25) is 0 Å². The van der Waals surface area contributed by atoms with Gasteiger partial charge < -0.3 is 30.3 Å². The predicted octanol–water partition coefficient (Wildman–Crippen LogP) is -3.07. The molecule has 0 aromatic rings. The molecular weight excluding hydrogens is 447 g/mol. The predicted molar refractivity (Wildman–Crippen MR) is 62.6 cm³/mol. The Morgan fingerprint density at radius 1 is 1.15 bits per heavy atom. The molecule has 0 spiro atoms. The van der Waals surface area contributed by atoms with Crippen LogP contribution < -0.4 is 15.9 Å². The van der Waals surface area contributed by atoms with Crippen LogP contribution in [0.4, 0.5) is 0 Å². The molecule has 0 unspecified atom stereocenters. The zero-order valence-electron chi connectivity index (χ0n) is 11.2. The van der Waals surface area contributed by atoms with Crippen molar-refractivity contribution in [1.82, 2.24) is 4.90 Å². The van der Waals surface area contributed by atoms with Gasteiger partial charge in [-0.3, -0.25) is 4.90 Å². The summed E-state index contributed by atoms with van der Waals surface area (Å²) in [7, 11) is 0. The maximum absolute atomic E-state index is 10.2. The van der Waals surface area contributed by atoms with Crippen molar-refractivity contribution in [3.05, 3.63) is 0 Å². The molecule has 2 aliphatic rings. The van der Waals surface area contributed by atoms with Gasteiger partial charge in [0.1, 0.15) is 0 Å². The Morgan fingerprint density at radius 2 is 1.65 bits per heavy atom. The zero-order chi connectivity index (χ0) is 14.3. The Kier molecular flexibility index (Phi) is 9.21. The molecule has 7 nitrogen and oxygen atoms in total. The van der Waals surface area contributed by atoms with Gasteiger partial charge in [-0.05, 0) is 12.8 Å². The van der Waals surface area contributed by atoms with Crippen molar-refractivity contribution >= 4 is 11.9 Å². The zero-order valence-corrected chi connectivity index (χ0v) is 13.5. The number of hydrogen-bond donors (Lipinski definition) is 1. The molecule has 1 saturated carbocycles. The number of nitrogens with zero attached hydrogens (tertiary/aromatic N) is 1. The average Bonchev–Trinajstić information content (AvgIpc) is 2.29. The summed E-state index contributed by atoms with van der Waals surface area (Å²) in [5, 5.41) is 20.4. The quantitative estimate of drug-likeness (QED) is 0.436. The molecule has 2 fully saturated rings. The number of rotatable bonds is 4. The molecule has 0 aromatic heterocycles. The van der Waals surface area contributed by atoms with Crippen molar-refractivity contribution in [2.45, 2.75) is 19.3 Å². The summed E-state index contributed by atoms with van der Waals surface area (Å²) < 4.78 is 5.16. The fourth-order valence-corrected chi connectivity index (χ4v) is 2.03. The molecule has 118 valence electrons. The first-order valence-electron chi connectivity index (χ1n) is 6.46. The first-order chi connectivity index (χ1) is 9.03. The number of carbonyl (C=O) groups excluding carboxylic acids is 2. The number of carbonyl (C=O) groups is 2. The van der Waals surface area contributed by atoms with E-state index < -0.39 is 17.4 Å². The van der Waals surface area contributed by atoms with Crippen molar-refractivity contribution in [3.8, 4) is 0 Å². The van der Waals surface area contributed by atoms with E-state index in [2.05, 4.69) is 4.90 Å². The first kappa shape index (κ1) is 19.5. The Labute approximate surface area is 132 Å². The minimum absolute atomic E-state index is 0. The van der Waals surface area contributed by atoms with Crippen LogP contribution >= 0.6 is 0 Å². The molecule has 8 heteroatoms. The van der Waals surface area contributed by atoms with Gasteiger partial charge in [0.15, 0.2) is 0 Å². The van der Waals surface area contributed by atoms with E-state index in [1.807, 2.05) is 0 Å². The van der Waals surface area contributed by atoms with E-state index >= 15 is 0 Å². The average molecular weight is 467 g/mol. The molecule has 2 N–H and O–H groups in total. The second-order valence-electron chi connectivity index (χ2n) is 4.75. The number of aliphatic carboxylic acids is 2. The molecule has 2 rings (SSSR count). The van der Waals surface area contributed by atoms with Crippen molar-refractivity contribution in [2.24, 2.45) is 11.1 Å². The first-order valence-corrected chi connectivity index (χ1v) is 6.46. The smallest absolute Gasteiger partial charge is 0.549 e. The third kappa shape index (κ3) is 5.13. The molecule has 1 aliphatic heterocycles. The number of carboxylic acids is 2. The normalized spacial score (nSPS) is 20.6. The Morgan fingerprint density at radius 3 is 1.90 bits per heavy atom. The second kappa shape index (κ2) is 9.45. The summed E-state index contributed by atoms with van der Waals surface area (Å²) >= 11 is 0. The number of hydrogen-bond acceptors (Lipinski definition) is 7. The van der Waals surface area contributed by atoms with Crippen molar-refractivity contribution in [3.63, 3.8) is 0 Å². The summed E-state index contributed by atoms with van der Waals surface area (Å²) in [4.78, 5) is 22.7. The third-order valence-corrected chi connectivity index (χ3v) is 3.54. The van der Waals surface area contributed by atoms with Crippen LogP contribution in [0.5, 0.6) is 0 Å². The molecule has 0 aromatic carbocycles. The summed E-state index contributed by atoms with van der Waals surface area (Å²) in [5.74, 6) is -3.03. The van der Waals surface area contributed by atoms with Crippen LogP contribution in [0.1, 0.15) is 19.3 Å². The van der Waals surface area contributed by atoms with Gasteiger partial charge in [-0.2, -0.15) is 0 Å². The minimum Gasteiger partial charge on any atom is -0.549 e. The van der Waals surface area contributed by atoms with Crippen molar-refractivity contribution < 1.29 is 45.6 Å². The summed E-state index contributed by atoms with van der Waals surface area (Å²) in [6, 6.07) is 0. The van der Waals surface area contributed by atoms with E-state index in [1.54, 1.807) is 0 Å². The molecule has 1 saturated heterocycles. The number of carboxylic acid groups (broad SMARTS) is 2. The van der Waals surface area contributed by atoms with Crippen LogP contribution in [0, 0.1) is 5.41 Å². The molecule has 0 atom stereocenters. The van der Waals surface area contributed by atoms with Crippen LogP contribution in [-0.2, 0) is 35.4 Å². The van der Waals surface area contributed by atoms with Gasteiger partial charge in [-0.15, -0.1) is 0 Å². The second-order valence-corrected chi connectivity index (χ2v) is 4.75. The topological polar surface area (TPSA) is 119 Å². The molecule has 0 bridgehead atoms. The standard InChI is InChI=1S/C6H14N2O.C6H8O4.Pt/c7-1-2-8-3-5-9-6-4-8;7-4(8)6(5(9)10)2-1-3-6;/h1-7H2;1-3H2,(H,7,8)(H,9,10);/q;;+2/p-2. The van der Waals surface area contributed by atoms with Gasteiger partial charge in [0, 0.05) is 31.6 Å². The van der Waals surface area contributed by atoms with E-state index in [0.717, 1.165) is 39.4 Å². The van der Waals surface area contributed by atoms with Crippen LogP contribution in [0.25, 0.3) is 0 Å². The maximum Gasteiger partial charge on any atom is 2.00 e. The molecule has 0 amide bonds. The van der Waals surface area contributed by atoms with Crippen LogP contribution in [0.15, 0.2) is 0 Å². The Balaban J connectivity index is 0.000000345. The number of ether oxygens (including phenoxy) is 1. The minimum atomic E-state index is -1.67. The molecule has 20 heavy (non-hydrogen) atoms. The number of morpholine rings is 1. The summed E-state index contributed by atoms with van der Waals surface area (Å²) in [5.41, 5.74) is 3.71. The monoisotopic (exact) mass is 467 g/mol. The fraction of sp³-hybridized carbons (Fsp3) is 0.833. The van der Waals surface area contributed by atoms with E-state index in [-0.39, 0.29) is 33.9 Å². The van der Waals surface area contributed by atoms with E-state index in [1.165, 1.54) is 0 Å². The Bertz CT molecular complexity index is 298. The van der Waals surface area contributed by atoms with Gasteiger partial charge in [-0.25, -0.2) is 0 Å². The number of nitrogens with two attached hydrogens (primary N) is 1. The molecule has 1 heterocycles. The summed E-state index contributed by atoms with van der Waals surface area (Å²) in [6.07, 6.45) is 0.928. The summed E-state index contributed by atoms with van der Waals surface area (Å²) in [6.45, 7) is 5.64. The van der Waals surface area contributed by atoms with E-state index in [4.69, 9.17) is 10.5 Å². The van der Waals surface area contributed by atoms with Crippen LogP contribution in [0.3, 0.4) is 0 Å². The maximum atomic E-state index is 10.2. The largest absolute Gasteiger partial charge is 2.00 e. The van der Waals surface area contributed by atoms with Gasteiger partial charge >= 0.3 is 21.1 Å². The fourth-order valence-electron chi connectivity index (χ4n) is 2.03. The molecular formula is C12H20N2O5Pt. The molecule has 0 radical (unpaired) electrons. The van der Waals surface area contributed by atoms with Crippen LogP contribution in [0.2, 0.25) is 0 Å². The van der Waals surface area contributed by atoms with Gasteiger partial charge in [-0.1, -0.05) is 6.42 Å². The van der Waals surface area contributed by atoms with E-state index in [0.29, 0.717) is 6.42 Å². The third-order valence-electron chi connectivity index (χ3n) is 3.54. The van der Waals surface area contributed by atoms with Crippen molar-refractivity contribution in [2.75, 3.05) is 39.4 Å². The Hall–Kier alpha value is -0.492. The van der Waals surface area contributed by atoms with Gasteiger partial charge in [0.25, 0.3) is 0 Å². The van der Waals surface area contributed by atoms with Crippen LogP contribution in [-0.4, -0.2) is 56.2 Å². The van der Waals surface area contributed by atoms with Crippen molar-refractivity contribution in [1.29, 1.82) is 0 Å². The van der Waals surface area contributed by atoms with E-state index in [9.17, 15) is 19.8 Å².